The lowest BCUT2D eigenvalue weighted by Crippen LogP contribution is -2.30. The van der Waals surface area contributed by atoms with Gasteiger partial charge in [0.1, 0.15) is 10.7 Å². The summed E-state index contributed by atoms with van der Waals surface area (Å²) >= 11 is 1.48. The van der Waals surface area contributed by atoms with Crippen molar-refractivity contribution < 1.29 is 10.2 Å². The van der Waals surface area contributed by atoms with Gasteiger partial charge in [-0.1, -0.05) is 30.3 Å². The highest BCUT2D eigenvalue weighted by Gasteiger charge is 2.14. The topological polar surface area (TPSA) is 75.4 Å². The predicted molar refractivity (Wildman–Crippen MR) is 87.1 cm³/mol. The average Bonchev–Trinajstić information content (AvgIpc) is 2.96. The van der Waals surface area contributed by atoms with Crippen molar-refractivity contribution in [3.63, 3.8) is 0 Å². The van der Waals surface area contributed by atoms with Gasteiger partial charge >= 0.3 is 0 Å². The van der Waals surface area contributed by atoms with Crippen molar-refractivity contribution in [3.05, 3.63) is 52.6 Å². The fourth-order valence-electron chi connectivity index (χ4n) is 2.35. The van der Waals surface area contributed by atoms with Gasteiger partial charge in [0.15, 0.2) is 0 Å². The fraction of sp³-hybridized carbons (Fsp3) is 0.250. The molecule has 0 saturated heterocycles. The van der Waals surface area contributed by atoms with Crippen LogP contribution in [0.5, 0.6) is 0 Å². The molecule has 2 N–H and O–H groups in total. The second-order valence-electron chi connectivity index (χ2n) is 5.11. The summed E-state index contributed by atoms with van der Waals surface area (Å²) in [4.78, 5) is 18.7. The number of aliphatic hydroxyl groups is 2. The van der Waals surface area contributed by atoms with E-state index in [0.29, 0.717) is 16.0 Å². The Balaban J connectivity index is 2.13. The molecule has 0 aliphatic heterocycles. The van der Waals surface area contributed by atoms with Gasteiger partial charge in [-0.3, -0.25) is 9.36 Å². The zero-order valence-corrected chi connectivity index (χ0v) is 12.9. The van der Waals surface area contributed by atoms with Crippen LogP contribution < -0.4 is 5.56 Å². The van der Waals surface area contributed by atoms with Gasteiger partial charge in [-0.2, -0.15) is 0 Å². The van der Waals surface area contributed by atoms with Gasteiger partial charge in [0, 0.05) is 4.88 Å². The second-order valence-corrected chi connectivity index (χ2v) is 6.14. The first-order chi connectivity index (χ1) is 10.6. The van der Waals surface area contributed by atoms with Crippen LogP contribution in [-0.2, 0) is 6.54 Å². The van der Waals surface area contributed by atoms with Crippen LogP contribution in [0.3, 0.4) is 0 Å². The first-order valence-electron chi connectivity index (χ1n) is 6.95. The van der Waals surface area contributed by atoms with E-state index in [4.69, 9.17) is 5.11 Å². The van der Waals surface area contributed by atoms with Crippen molar-refractivity contribution in [1.82, 2.24) is 9.55 Å². The number of aliphatic hydroxyl groups excluding tert-OH is 2. The largest absolute Gasteiger partial charge is 0.394 e. The van der Waals surface area contributed by atoms with E-state index >= 15 is 0 Å². The van der Waals surface area contributed by atoms with E-state index in [1.807, 2.05) is 36.4 Å². The summed E-state index contributed by atoms with van der Waals surface area (Å²) in [5.41, 5.74) is 0.859. The predicted octanol–water partition coefficient (Wildman–Crippen LogP) is 1.79. The van der Waals surface area contributed by atoms with Crippen LogP contribution in [0.15, 0.2) is 41.2 Å². The Morgan fingerprint density at radius 2 is 2.05 bits per heavy atom. The Morgan fingerprint density at radius 3 is 2.73 bits per heavy atom. The highest BCUT2D eigenvalue weighted by atomic mass is 32.1. The number of rotatable bonds is 4. The molecule has 1 unspecified atom stereocenters. The van der Waals surface area contributed by atoms with Crippen molar-refractivity contribution in [1.29, 1.82) is 0 Å². The third-order valence-electron chi connectivity index (χ3n) is 3.50. The summed E-state index contributed by atoms with van der Waals surface area (Å²) in [5, 5.41) is 19.1. The average molecular weight is 316 g/mol. The third-order valence-corrected chi connectivity index (χ3v) is 4.58. The number of hydrogen-bond acceptors (Lipinski definition) is 5. The summed E-state index contributed by atoms with van der Waals surface area (Å²) in [6.45, 7) is 1.39. The molecule has 1 atom stereocenters. The van der Waals surface area contributed by atoms with Gasteiger partial charge in [-0.25, -0.2) is 4.98 Å². The highest BCUT2D eigenvalue weighted by molar-refractivity contribution is 7.21. The van der Waals surface area contributed by atoms with E-state index in [-0.39, 0.29) is 18.7 Å². The lowest BCUT2D eigenvalue weighted by atomic mass is 10.2. The van der Waals surface area contributed by atoms with Crippen molar-refractivity contribution in [2.24, 2.45) is 0 Å². The maximum Gasteiger partial charge on any atom is 0.262 e. The minimum atomic E-state index is -0.970. The van der Waals surface area contributed by atoms with E-state index in [0.717, 1.165) is 10.4 Å². The summed E-state index contributed by atoms with van der Waals surface area (Å²) in [6, 6.07) is 11.7. The molecule has 0 fully saturated rings. The quantitative estimate of drug-likeness (QED) is 0.769. The fourth-order valence-corrected chi connectivity index (χ4v) is 3.42. The normalized spacial score (nSPS) is 12.7. The summed E-state index contributed by atoms with van der Waals surface area (Å²) < 4.78 is 1.41. The molecule has 114 valence electrons. The lowest BCUT2D eigenvalue weighted by Gasteiger charge is -2.12. The van der Waals surface area contributed by atoms with Crippen LogP contribution in [0.1, 0.15) is 5.82 Å². The second kappa shape index (κ2) is 6.00. The molecule has 22 heavy (non-hydrogen) atoms. The van der Waals surface area contributed by atoms with Crippen LogP contribution in [0.25, 0.3) is 20.7 Å². The molecule has 2 aromatic heterocycles. The molecule has 1 aromatic carbocycles. The lowest BCUT2D eigenvalue weighted by molar-refractivity contribution is 0.0797. The molecule has 0 spiro atoms. The number of thiophene rings is 1. The number of nitrogens with zero attached hydrogens (tertiary/aromatic N) is 2. The Hall–Kier alpha value is -2.02. The molecule has 0 bridgehead atoms. The van der Waals surface area contributed by atoms with Crippen LogP contribution in [0, 0.1) is 6.92 Å². The van der Waals surface area contributed by atoms with E-state index in [1.54, 1.807) is 6.92 Å². The van der Waals surface area contributed by atoms with Crippen LogP contribution >= 0.6 is 11.3 Å². The Labute approximate surface area is 131 Å². The van der Waals surface area contributed by atoms with Crippen molar-refractivity contribution in [2.45, 2.75) is 19.6 Å². The molecule has 2 heterocycles. The number of aryl methyl sites for hydroxylation is 1. The molecule has 0 radical (unpaired) electrons. The minimum absolute atomic E-state index is 0.0423. The number of benzene rings is 1. The van der Waals surface area contributed by atoms with Gasteiger partial charge in [-0.15, -0.1) is 11.3 Å². The van der Waals surface area contributed by atoms with Gasteiger partial charge in [0.05, 0.1) is 24.6 Å². The molecule has 5 nitrogen and oxygen atoms in total. The van der Waals surface area contributed by atoms with E-state index in [9.17, 15) is 9.90 Å². The van der Waals surface area contributed by atoms with Crippen molar-refractivity contribution >= 4 is 21.6 Å². The molecule has 3 aromatic rings. The molecular formula is C16H16N2O3S. The standard InChI is InChI=1S/C16H16N2O3S/c1-10-17-15-13(16(21)18(10)8-12(20)9-19)7-14(22-15)11-5-3-2-4-6-11/h2-7,12,19-20H,8-9H2,1H3. The molecule has 6 heteroatoms. The van der Waals surface area contributed by atoms with Gasteiger partial charge < -0.3 is 10.2 Å². The Bertz CT molecular complexity index is 855. The first kappa shape index (κ1) is 14.9. The van der Waals surface area contributed by atoms with Gasteiger partial charge in [0.2, 0.25) is 0 Å². The van der Waals surface area contributed by atoms with Crippen molar-refractivity contribution in [2.75, 3.05) is 6.61 Å². The van der Waals surface area contributed by atoms with Crippen LogP contribution in [-0.4, -0.2) is 32.5 Å². The van der Waals surface area contributed by atoms with Crippen molar-refractivity contribution in [3.8, 4) is 10.4 Å². The highest BCUT2D eigenvalue weighted by Crippen LogP contribution is 2.30. The molecule has 0 aliphatic rings. The SMILES string of the molecule is Cc1nc2sc(-c3ccccc3)cc2c(=O)n1CC(O)CO. The molecular weight excluding hydrogens is 300 g/mol. The molecule has 0 amide bonds. The zero-order valence-electron chi connectivity index (χ0n) is 12.1. The zero-order chi connectivity index (χ0) is 15.7. The Morgan fingerprint density at radius 1 is 1.32 bits per heavy atom. The maximum absolute atomic E-state index is 12.6. The smallest absolute Gasteiger partial charge is 0.262 e. The van der Waals surface area contributed by atoms with Gasteiger partial charge in [0.25, 0.3) is 5.56 Å². The summed E-state index contributed by atoms with van der Waals surface area (Å²) in [6.07, 6.45) is -0.970. The maximum atomic E-state index is 12.6. The number of aromatic nitrogens is 2. The minimum Gasteiger partial charge on any atom is -0.394 e. The molecule has 0 aliphatic carbocycles. The third kappa shape index (κ3) is 2.68. The number of fused-ring (bicyclic) bond motifs is 1. The van der Waals surface area contributed by atoms with Crippen LogP contribution in [0.4, 0.5) is 0 Å². The van der Waals surface area contributed by atoms with E-state index in [2.05, 4.69) is 4.98 Å². The summed E-state index contributed by atoms with van der Waals surface area (Å²) in [5.74, 6) is 0.534. The molecule has 3 rings (SSSR count). The summed E-state index contributed by atoms with van der Waals surface area (Å²) in [7, 11) is 0. The number of hydrogen-bond donors (Lipinski definition) is 2. The Kier molecular flexibility index (Phi) is 4.06. The molecule has 0 saturated carbocycles. The van der Waals surface area contributed by atoms with Crippen LogP contribution in [0.2, 0.25) is 0 Å². The monoisotopic (exact) mass is 316 g/mol. The van der Waals surface area contributed by atoms with E-state index < -0.39 is 6.10 Å². The van der Waals surface area contributed by atoms with E-state index in [1.165, 1.54) is 15.9 Å². The van der Waals surface area contributed by atoms with Gasteiger partial charge in [-0.05, 0) is 18.6 Å². The first-order valence-corrected chi connectivity index (χ1v) is 7.77.